The van der Waals surface area contributed by atoms with Crippen LogP contribution >= 0.6 is 11.3 Å². The van der Waals surface area contributed by atoms with Crippen LogP contribution in [-0.2, 0) is 18.8 Å². The Kier molecular flexibility index (Phi) is 1.78. The first-order valence-electron chi connectivity index (χ1n) is 2.08. The van der Waals surface area contributed by atoms with Crippen LogP contribution in [0.3, 0.4) is 0 Å². The van der Waals surface area contributed by atoms with E-state index in [9.17, 15) is 13.2 Å². The van der Waals surface area contributed by atoms with Gasteiger partial charge in [-0.3, -0.25) is 0 Å². The number of alkyl halides is 3. The Balaban J connectivity index is 2.96. The van der Waals surface area contributed by atoms with Crippen molar-refractivity contribution in [1.29, 1.82) is 0 Å². The molecule has 0 aromatic carbocycles. The van der Waals surface area contributed by atoms with Crippen LogP contribution in [0.15, 0.2) is 4.34 Å². The summed E-state index contributed by atoms with van der Waals surface area (Å²) in [5.74, 6) is 0. The third-order valence-electron chi connectivity index (χ3n) is 0.649. The number of hydrogen-bond donors (Lipinski definition) is 0. The van der Waals surface area contributed by atoms with Crippen molar-refractivity contribution in [3.63, 3.8) is 0 Å². The zero-order valence-corrected chi connectivity index (χ0v) is 5.98. The standard InChI is InChI=1S/C3HF3N2S2/c4-3(5,6)1-7-8-2(9)10-1/h(H,8,9)/p-1. The Labute approximate surface area is 63.5 Å². The molecule has 0 N–H and O–H groups in total. The van der Waals surface area contributed by atoms with Gasteiger partial charge >= 0.3 is 6.18 Å². The summed E-state index contributed by atoms with van der Waals surface area (Å²) in [6.45, 7) is 0. The molecule has 1 heterocycles. The lowest BCUT2D eigenvalue weighted by atomic mass is 10.7. The zero-order valence-electron chi connectivity index (χ0n) is 4.34. The maximum Gasteiger partial charge on any atom is 0.426 e. The minimum absolute atomic E-state index is 0.0904. The molecule has 0 radical (unpaired) electrons. The summed E-state index contributed by atoms with van der Waals surface area (Å²) < 4.78 is 34.9. The maximum atomic E-state index is 11.7. The molecule has 1 aromatic heterocycles. The van der Waals surface area contributed by atoms with Gasteiger partial charge in [-0.15, -0.1) is 0 Å². The van der Waals surface area contributed by atoms with Crippen LogP contribution in [-0.4, -0.2) is 10.2 Å². The van der Waals surface area contributed by atoms with Crippen molar-refractivity contribution in [3.8, 4) is 0 Å². The highest BCUT2D eigenvalue weighted by Gasteiger charge is 2.30. The Morgan fingerprint density at radius 3 is 2.10 bits per heavy atom. The lowest BCUT2D eigenvalue weighted by Gasteiger charge is -2.01. The Bertz CT molecular complexity index is 230. The largest absolute Gasteiger partial charge is 0.426 e. The molecule has 0 unspecified atom stereocenters. The minimum atomic E-state index is -4.41. The summed E-state index contributed by atoms with van der Waals surface area (Å²) in [6.07, 6.45) is -4.41. The normalized spacial score (nSPS) is 11.9. The van der Waals surface area contributed by atoms with Crippen LogP contribution in [0.4, 0.5) is 13.2 Å². The molecule has 56 valence electrons. The van der Waals surface area contributed by atoms with Gasteiger partial charge in [-0.1, -0.05) is 0 Å². The first-order chi connectivity index (χ1) is 4.50. The fourth-order valence-corrected chi connectivity index (χ4v) is 1.05. The molecule has 10 heavy (non-hydrogen) atoms. The molecule has 0 amide bonds. The van der Waals surface area contributed by atoms with Crippen LogP contribution in [0.2, 0.25) is 0 Å². The van der Waals surface area contributed by atoms with Crippen molar-refractivity contribution in [2.75, 3.05) is 0 Å². The van der Waals surface area contributed by atoms with Gasteiger partial charge in [0.15, 0.2) is 0 Å². The van der Waals surface area contributed by atoms with E-state index in [1.807, 2.05) is 0 Å². The molecule has 0 aliphatic rings. The molecule has 0 spiro atoms. The van der Waals surface area contributed by atoms with Crippen molar-refractivity contribution in [2.24, 2.45) is 0 Å². The molecule has 2 nitrogen and oxygen atoms in total. The molecular formula is C3F3N2S2-. The molecule has 0 saturated heterocycles. The Morgan fingerprint density at radius 2 is 1.90 bits per heavy atom. The van der Waals surface area contributed by atoms with Crippen LogP contribution in [0.5, 0.6) is 0 Å². The molecule has 0 aliphatic carbocycles. The molecule has 1 aromatic rings. The molecule has 0 saturated carbocycles. The van der Waals surface area contributed by atoms with Crippen LogP contribution in [0, 0.1) is 0 Å². The van der Waals surface area contributed by atoms with Crippen molar-refractivity contribution >= 4 is 24.0 Å². The highest BCUT2D eigenvalue weighted by Crippen LogP contribution is 2.30. The molecular weight excluding hydrogens is 185 g/mol. The maximum absolute atomic E-state index is 11.7. The first kappa shape index (κ1) is 7.67. The van der Waals surface area contributed by atoms with Crippen LogP contribution < -0.4 is 0 Å². The second-order valence-electron chi connectivity index (χ2n) is 1.37. The monoisotopic (exact) mass is 185 g/mol. The van der Waals surface area contributed by atoms with Crippen molar-refractivity contribution in [1.82, 2.24) is 10.2 Å². The van der Waals surface area contributed by atoms with Gasteiger partial charge < -0.3 is 24.0 Å². The molecule has 0 fully saturated rings. The number of nitrogens with zero attached hydrogens (tertiary/aromatic N) is 2. The number of rotatable bonds is 0. The quantitative estimate of drug-likeness (QED) is 0.572. The van der Waals surface area contributed by atoms with E-state index in [0.717, 1.165) is 0 Å². The minimum Gasteiger partial charge on any atom is -0.406 e. The third-order valence-corrected chi connectivity index (χ3v) is 1.74. The summed E-state index contributed by atoms with van der Waals surface area (Å²) in [5, 5.41) is 4.88. The summed E-state index contributed by atoms with van der Waals surface area (Å²) in [7, 11) is 0. The fourth-order valence-electron chi connectivity index (χ4n) is 0.324. The van der Waals surface area contributed by atoms with E-state index in [1.165, 1.54) is 0 Å². The van der Waals surface area contributed by atoms with E-state index < -0.39 is 11.2 Å². The summed E-state index contributed by atoms with van der Waals surface area (Å²) in [6, 6.07) is 0. The smallest absolute Gasteiger partial charge is 0.406 e. The van der Waals surface area contributed by atoms with Crippen molar-refractivity contribution < 1.29 is 13.2 Å². The molecule has 7 heteroatoms. The Morgan fingerprint density at radius 1 is 1.30 bits per heavy atom. The van der Waals surface area contributed by atoms with Gasteiger partial charge in [0.2, 0.25) is 0 Å². The van der Waals surface area contributed by atoms with E-state index in [2.05, 4.69) is 22.8 Å². The van der Waals surface area contributed by atoms with Crippen LogP contribution in [0.1, 0.15) is 5.01 Å². The van der Waals surface area contributed by atoms with E-state index in [0.29, 0.717) is 11.3 Å². The number of hydrogen-bond acceptors (Lipinski definition) is 4. The first-order valence-corrected chi connectivity index (χ1v) is 3.30. The van der Waals surface area contributed by atoms with Gasteiger partial charge in [-0.25, -0.2) is 0 Å². The summed E-state index contributed by atoms with van der Waals surface area (Å²) in [4.78, 5) is 0. The van der Waals surface area contributed by atoms with E-state index >= 15 is 0 Å². The molecule has 0 atom stereocenters. The van der Waals surface area contributed by atoms with Gasteiger partial charge in [-0.2, -0.15) is 23.4 Å². The van der Waals surface area contributed by atoms with Gasteiger partial charge in [0.25, 0.3) is 0 Å². The van der Waals surface area contributed by atoms with E-state index in [-0.39, 0.29) is 4.34 Å². The molecule has 0 bridgehead atoms. The van der Waals surface area contributed by atoms with Crippen molar-refractivity contribution in [3.05, 3.63) is 5.01 Å². The summed E-state index contributed by atoms with van der Waals surface area (Å²) in [5.41, 5.74) is 0. The average molecular weight is 185 g/mol. The lowest BCUT2D eigenvalue weighted by Crippen LogP contribution is -2.03. The third kappa shape index (κ3) is 1.54. The molecule has 0 aliphatic heterocycles. The molecule has 1 rings (SSSR count). The summed E-state index contributed by atoms with van der Waals surface area (Å²) >= 11 is 4.71. The SMILES string of the molecule is FC(F)(F)c1nnc([S-])s1. The van der Waals surface area contributed by atoms with E-state index in [1.54, 1.807) is 0 Å². The van der Waals surface area contributed by atoms with Crippen LogP contribution in [0.25, 0.3) is 0 Å². The van der Waals surface area contributed by atoms with Crippen molar-refractivity contribution in [2.45, 2.75) is 10.5 Å². The second-order valence-corrected chi connectivity index (χ2v) is 2.99. The van der Waals surface area contributed by atoms with Gasteiger partial charge in [0.05, 0.1) is 0 Å². The van der Waals surface area contributed by atoms with Gasteiger partial charge in [0, 0.05) is 0 Å². The fraction of sp³-hybridized carbons (Fsp3) is 0.333. The van der Waals surface area contributed by atoms with Gasteiger partial charge in [0.1, 0.15) is 5.01 Å². The zero-order chi connectivity index (χ0) is 7.78. The predicted molar refractivity (Wildman–Crippen MR) is 30.5 cm³/mol. The Hall–Kier alpha value is -0.430. The second kappa shape index (κ2) is 2.31. The van der Waals surface area contributed by atoms with Gasteiger partial charge in [-0.05, 0) is 4.34 Å². The predicted octanol–water partition coefficient (Wildman–Crippen LogP) is 1.46. The number of halogens is 3. The average Bonchev–Trinajstić information content (AvgIpc) is 2.11. The lowest BCUT2D eigenvalue weighted by molar-refractivity contribution is -0.138. The van der Waals surface area contributed by atoms with E-state index in [4.69, 9.17) is 0 Å². The number of aromatic nitrogens is 2. The topological polar surface area (TPSA) is 25.8 Å². The highest BCUT2D eigenvalue weighted by molar-refractivity contribution is 7.62. The highest BCUT2D eigenvalue weighted by atomic mass is 32.2.